The minimum absolute atomic E-state index is 0.0204. The van der Waals surface area contributed by atoms with Gasteiger partial charge in [0, 0.05) is 28.7 Å². The van der Waals surface area contributed by atoms with Crippen LogP contribution in [0.4, 0.5) is 4.39 Å². The molecule has 0 spiro atoms. The van der Waals surface area contributed by atoms with E-state index < -0.39 is 5.41 Å². The van der Waals surface area contributed by atoms with E-state index in [2.05, 4.69) is 0 Å². The van der Waals surface area contributed by atoms with E-state index in [0.29, 0.717) is 46.9 Å². The van der Waals surface area contributed by atoms with Crippen LogP contribution in [0.25, 0.3) is 11.3 Å². The summed E-state index contributed by atoms with van der Waals surface area (Å²) in [5.74, 6) is 1.23. The van der Waals surface area contributed by atoms with Crippen LogP contribution in [0, 0.1) is 12.7 Å². The maximum Gasteiger partial charge on any atom is 0.163 e. The number of nitrogens with zero attached hydrogens (tertiary/aromatic N) is 1. The van der Waals surface area contributed by atoms with Crippen molar-refractivity contribution in [1.29, 1.82) is 0 Å². The molecule has 3 rings (SSSR count). The first-order valence-electron chi connectivity index (χ1n) is 11.5. The van der Waals surface area contributed by atoms with Crippen LogP contribution in [-0.2, 0) is 5.41 Å². The second-order valence-corrected chi connectivity index (χ2v) is 8.96. The maximum absolute atomic E-state index is 13.8. The second kappa shape index (κ2) is 11.3. The number of ketones is 1. The Labute approximate surface area is 205 Å². The van der Waals surface area contributed by atoms with Gasteiger partial charge in [-0.3, -0.25) is 4.79 Å². The summed E-state index contributed by atoms with van der Waals surface area (Å²) >= 11 is 0. The lowest BCUT2D eigenvalue weighted by Gasteiger charge is -2.25. The summed E-state index contributed by atoms with van der Waals surface area (Å²) in [4.78, 5) is 17.8. The Kier molecular flexibility index (Phi) is 8.46. The third-order valence-corrected chi connectivity index (χ3v) is 6.01. The number of aliphatic hydroxyl groups is 1. The van der Waals surface area contributed by atoms with Gasteiger partial charge in [0.15, 0.2) is 17.3 Å². The van der Waals surface area contributed by atoms with E-state index in [9.17, 15) is 9.18 Å². The number of halogens is 1. The molecule has 0 aliphatic heterocycles. The van der Waals surface area contributed by atoms with E-state index in [4.69, 9.17) is 24.3 Å². The number of aliphatic hydroxyl groups excluding tert-OH is 1. The van der Waals surface area contributed by atoms with E-state index in [1.165, 1.54) is 13.2 Å². The molecule has 186 valence electrons. The smallest absolute Gasteiger partial charge is 0.163 e. The van der Waals surface area contributed by atoms with Gasteiger partial charge in [0.1, 0.15) is 23.9 Å². The van der Waals surface area contributed by atoms with Crippen molar-refractivity contribution in [2.45, 2.75) is 39.0 Å². The number of hydrogen-bond donors (Lipinski definition) is 1. The van der Waals surface area contributed by atoms with Crippen LogP contribution >= 0.6 is 0 Å². The summed E-state index contributed by atoms with van der Waals surface area (Å²) in [6, 6.07) is 13.7. The zero-order valence-electron chi connectivity index (χ0n) is 20.9. The van der Waals surface area contributed by atoms with E-state index in [1.807, 2.05) is 26.0 Å². The van der Waals surface area contributed by atoms with Crippen LogP contribution in [0.2, 0.25) is 0 Å². The van der Waals surface area contributed by atoms with E-state index in [0.717, 1.165) is 11.3 Å². The quantitative estimate of drug-likeness (QED) is 0.363. The average Bonchev–Trinajstić information content (AvgIpc) is 2.87. The first-order chi connectivity index (χ1) is 16.7. The topological polar surface area (TPSA) is 77.9 Å². The Balaban J connectivity index is 1.80. The largest absolute Gasteiger partial charge is 0.494 e. The summed E-state index contributed by atoms with van der Waals surface area (Å²) in [5.41, 5.74) is 2.87. The lowest BCUT2D eigenvalue weighted by molar-refractivity contribution is 0.0971. The van der Waals surface area contributed by atoms with E-state index in [1.54, 1.807) is 44.4 Å². The molecule has 2 aromatic carbocycles. The third-order valence-electron chi connectivity index (χ3n) is 6.01. The number of hydrogen-bond acceptors (Lipinski definition) is 6. The standard InChI is InChI=1S/C28H32FNO5/c1-18-16-20(6-8-21(18)29)27-24(33-4)10-11-26(30-27)28(2,3)13-12-22(32)19-7-9-23(35-15-14-31)25(17-19)34-5/h6-11,16-17,31H,12-15H2,1-5H3. The molecule has 1 heterocycles. The molecule has 0 saturated carbocycles. The molecule has 0 unspecified atom stereocenters. The first kappa shape index (κ1) is 26.2. The molecule has 0 fully saturated rings. The van der Waals surface area contributed by atoms with E-state index >= 15 is 0 Å². The Morgan fingerprint density at radius 3 is 2.37 bits per heavy atom. The number of carbonyl (C=O) groups excluding carboxylic acids is 1. The molecule has 0 aliphatic carbocycles. The van der Waals surface area contributed by atoms with Crippen molar-refractivity contribution in [2.75, 3.05) is 27.4 Å². The van der Waals surface area contributed by atoms with Gasteiger partial charge >= 0.3 is 0 Å². The first-order valence-corrected chi connectivity index (χ1v) is 11.5. The summed E-state index contributed by atoms with van der Waals surface area (Å²) in [6.45, 7) is 5.83. The second-order valence-electron chi connectivity index (χ2n) is 8.96. The van der Waals surface area contributed by atoms with E-state index in [-0.39, 0.29) is 24.8 Å². The van der Waals surface area contributed by atoms with Crippen LogP contribution in [0.3, 0.4) is 0 Å². The number of pyridine rings is 1. The fourth-order valence-corrected chi connectivity index (χ4v) is 3.80. The van der Waals surface area contributed by atoms with Crippen molar-refractivity contribution in [3.05, 3.63) is 71.2 Å². The molecule has 3 aromatic rings. The van der Waals surface area contributed by atoms with Gasteiger partial charge < -0.3 is 19.3 Å². The summed E-state index contributed by atoms with van der Waals surface area (Å²) < 4.78 is 30.1. The summed E-state index contributed by atoms with van der Waals surface area (Å²) in [7, 11) is 3.09. The van der Waals surface area contributed by atoms with Crippen molar-refractivity contribution >= 4 is 5.78 Å². The zero-order chi connectivity index (χ0) is 25.6. The van der Waals surface area contributed by atoms with Gasteiger partial charge in [0.05, 0.1) is 20.8 Å². The highest BCUT2D eigenvalue weighted by Gasteiger charge is 2.26. The molecule has 6 nitrogen and oxygen atoms in total. The highest BCUT2D eigenvalue weighted by atomic mass is 19.1. The average molecular weight is 482 g/mol. The number of aromatic nitrogens is 1. The van der Waals surface area contributed by atoms with Gasteiger partial charge in [0.2, 0.25) is 0 Å². The van der Waals surface area contributed by atoms with Crippen LogP contribution in [0.15, 0.2) is 48.5 Å². The van der Waals surface area contributed by atoms with Crippen molar-refractivity contribution < 1.29 is 28.5 Å². The van der Waals surface area contributed by atoms with Gasteiger partial charge in [-0.05, 0) is 67.4 Å². The highest BCUT2D eigenvalue weighted by Crippen LogP contribution is 2.35. The lowest BCUT2D eigenvalue weighted by Crippen LogP contribution is -2.21. The van der Waals surface area contributed by atoms with Gasteiger partial charge in [-0.1, -0.05) is 13.8 Å². The monoisotopic (exact) mass is 481 g/mol. The SMILES string of the molecule is COc1cc(C(=O)CCC(C)(C)c2ccc(OC)c(-c3ccc(F)c(C)c3)n2)ccc1OCCO. The highest BCUT2D eigenvalue weighted by molar-refractivity contribution is 5.96. The van der Waals surface area contributed by atoms with Crippen LogP contribution < -0.4 is 14.2 Å². The zero-order valence-corrected chi connectivity index (χ0v) is 20.9. The Morgan fingerprint density at radius 2 is 1.71 bits per heavy atom. The Morgan fingerprint density at radius 1 is 1.00 bits per heavy atom. The predicted molar refractivity (Wildman–Crippen MR) is 133 cm³/mol. The van der Waals surface area contributed by atoms with Gasteiger partial charge in [-0.2, -0.15) is 0 Å². The molecule has 0 aliphatic rings. The van der Waals surface area contributed by atoms with Crippen LogP contribution in [-0.4, -0.2) is 43.3 Å². The molecule has 0 atom stereocenters. The number of ether oxygens (including phenoxy) is 3. The fourth-order valence-electron chi connectivity index (χ4n) is 3.80. The molecule has 1 aromatic heterocycles. The molecular formula is C28H32FNO5. The third kappa shape index (κ3) is 6.17. The lowest BCUT2D eigenvalue weighted by atomic mass is 9.82. The molecule has 7 heteroatoms. The van der Waals surface area contributed by atoms with Crippen LogP contribution in [0.1, 0.15) is 48.3 Å². The molecule has 0 saturated heterocycles. The minimum atomic E-state index is -0.403. The molecule has 35 heavy (non-hydrogen) atoms. The molecule has 1 N–H and O–H groups in total. The van der Waals surface area contributed by atoms with Crippen molar-refractivity contribution in [1.82, 2.24) is 4.98 Å². The van der Waals surface area contributed by atoms with Gasteiger partial charge in [0.25, 0.3) is 0 Å². The number of benzene rings is 2. The molecular weight excluding hydrogens is 449 g/mol. The number of methoxy groups -OCH3 is 2. The van der Waals surface area contributed by atoms with Crippen molar-refractivity contribution in [3.63, 3.8) is 0 Å². The number of rotatable bonds is 11. The summed E-state index contributed by atoms with van der Waals surface area (Å²) in [6.07, 6.45) is 0.879. The van der Waals surface area contributed by atoms with Gasteiger partial charge in [-0.25, -0.2) is 9.37 Å². The Hall–Kier alpha value is -3.45. The van der Waals surface area contributed by atoms with Crippen molar-refractivity contribution in [2.24, 2.45) is 0 Å². The number of aryl methyl sites for hydroxylation is 1. The molecule has 0 bridgehead atoms. The number of carbonyl (C=O) groups is 1. The Bertz CT molecular complexity index is 1190. The predicted octanol–water partition coefficient (Wildman–Crippen LogP) is 5.53. The minimum Gasteiger partial charge on any atom is -0.494 e. The van der Waals surface area contributed by atoms with Gasteiger partial charge in [-0.15, -0.1) is 0 Å². The number of Topliss-reactive ketones (excluding diaryl/α,β-unsaturated/α-hetero) is 1. The normalized spacial score (nSPS) is 11.3. The molecule has 0 radical (unpaired) electrons. The molecule has 0 amide bonds. The van der Waals surface area contributed by atoms with Crippen molar-refractivity contribution in [3.8, 4) is 28.5 Å². The maximum atomic E-state index is 13.8. The fraction of sp³-hybridized carbons (Fsp3) is 0.357. The summed E-state index contributed by atoms with van der Waals surface area (Å²) in [5, 5.41) is 8.96. The van der Waals surface area contributed by atoms with Crippen LogP contribution in [0.5, 0.6) is 17.2 Å².